The van der Waals surface area contributed by atoms with Crippen LogP contribution in [-0.2, 0) is 0 Å². The predicted molar refractivity (Wildman–Crippen MR) is 42.0 cm³/mol. The molecule has 1 aromatic carbocycles. The van der Waals surface area contributed by atoms with Gasteiger partial charge < -0.3 is 4.74 Å². The Balaban J connectivity index is 0. The lowest BCUT2D eigenvalue weighted by molar-refractivity contribution is 0.415. The maximum Gasteiger partial charge on any atom is 0.385 e. The second kappa shape index (κ2) is 2.83. The third kappa shape index (κ3) is 1.23. The molecule has 1 rings (SSSR count). The van der Waals surface area contributed by atoms with E-state index in [1.54, 1.807) is 31.4 Å². The summed E-state index contributed by atoms with van der Waals surface area (Å²) in [6, 6.07) is 6.79. The number of hydrogen-bond donors (Lipinski definition) is 0. The summed E-state index contributed by atoms with van der Waals surface area (Å²) in [4.78, 5) is 2.99. The van der Waals surface area contributed by atoms with Gasteiger partial charge in [-0.05, 0) is 12.1 Å². The van der Waals surface area contributed by atoms with Gasteiger partial charge in [0.15, 0.2) is 4.98 Å². The molecular weight excluding hydrogens is 128 g/mol. The van der Waals surface area contributed by atoms with Gasteiger partial charge in [0.05, 0.1) is 7.11 Å². The number of nitrogens with zero attached hydrogens (tertiary/aromatic N) is 2. The van der Waals surface area contributed by atoms with Gasteiger partial charge in [0, 0.05) is 18.1 Å². The molecule has 0 spiro atoms. The Morgan fingerprint density at radius 1 is 1.50 bits per heavy atom. The van der Waals surface area contributed by atoms with E-state index >= 15 is 0 Å². The molecule has 3 heteroatoms. The Bertz CT molecular complexity index is 259. The van der Waals surface area contributed by atoms with Crippen molar-refractivity contribution in [2.75, 3.05) is 7.11 Å². The third-order valence-corrected chi connectivity index (χ3v) is 1.19. The van der Waals surface area contributed by atoms with Crippen LogP contribution in [0, 0.1) is 5.39 Å². The van der Waals surface area contributed by atoms with Crippen molar-refractivity contribution in [1.82, 2.24) is 0 Å². The topological polar surface area (TPSA) is 37.4 Å². The average molecular weight is 143 g/mol. The number of benzene rings is 1. The Kier molecular flexibility index (Phi) is 1.21. The molecule has 0 unspecified atom stereocenters. The Hall–Kier alpha value is -1.56. The minimum Gasteiger partial charge on any atom is -0.497 e. The number of hydrogen-bond acceptors (Lipinski definition) is 2. The van der Waals surface area contributed by atoms with E-state index in [1.807, 2.05) is 0 Å². The highest BCUT2D eigenvalue weighted by Crippen LogP contribution is 2.16. The van der Waals surface area contributed by atoms with E-state index in [0.29, 0.717) is 5.69 Å². The zero-order valence-corrected chi connectivity index (χ0v) is 5.61. The zero-order valence-electron chi connectivity index (χ0n) is 9.61. The second-order valence-electron chi connectivity index (χ2n) is 1.80. The molecule has 0 aliphatic carbocycles. The summed E-state index contributed by atoms with van der Waals surface area (Å²) >= 11 is 0. The number of diazo groups is 1. The fourth-order valence-corrected chi connectivity index (χ4v) is 0.649. The van der Waals surface area contributed by atoms with Crippen LogP contribution in [0.5, 0.6) is 5.75 Å². The highest BCUT2D eigenvalue weighted by Gasteiger charge is 2.01. The Morgan fingerprint density at radius 3 is 2.50 bits per heavy atom. The first-order valence-corrected chi connectivity index (χ1v) is 2.86. The van der Waals surface area contributed by atoms with Gasteiger partial charge >= 0.3 is 5.69 Å². The first-order chi connectivity index (χ1) is 6.86. The highest BCUT2D eigenvalue weighted by atomic mass is 16.5. The molecule has 0 N–H and O–H groups in total. The van der Waals surface area contributed by atoms with Gasteiger partial charge in [0.2, 0.25) is 5.39 Å². The lowest BCUT2D eigenvalue weighted by Gasteiger charge is -1.93. The van der Waals surface area contributed by atoms with E-state index < -0.39 is 0 Å². The minimum absolute atomic E-state index is 0.529. The van der Waals surface area contributed by atoms with E-state index in [4.69, 9.17) is 16.1 Å². The fourth-order valence-electron chi connectivity index (χ4n) is 0.649. The summed E-state index contributed by atoms with van der Waals surface area (Å²) in [6.07, 6.45) is 0. The normalized spacial score (nSPS) is 10.0. The van der Waals surface area contributed by atoms with Crippen LogP contribution in [0.2, 0.25) is 0 Å². The molecule has 10 heavy (non-hydrogen) atoms. The van der Waals surface area contributed by atoms with E-state index in [2.05, 4.69) is 4.98 Å². The molecule has 0 aliphatic rings. The van der Waals surface area contributed by atoms with E-state index in [9.17, 15) is 0 Å². The first-order valence-electron chi connectivity index (χ1n) is 4.86. The van der Waals surface area contributed by atoms with Gasteiger partial charge in [0.1, 0.15) is 5.75 Å². The van der Waals surface area contributed by atoms with Crippen LogP contribution in [0.3, 0.4) is 0 Å². The van der Waals surface area contributed by atoms with Gasteiger partial charge in [-0.3, -0.25) is 0 Å². The quantitative estimate of drug-likeness (QED) is 0.567. The summed E-state index contributed by atoms with van der Waals surface area (Å²) in [6.45, 7) is 0. The summed E-state index contributed by atoms with van der Waals surface area (Å²) in [5.74, 6) is 0.757. The smallest absolute Gasteiger partial charge is 0.385 e. The molecule has 0 radical (unpaired) electrons. The maximum absolute atomic E-state index is 8.29. The Morgan fingerprint density at radius 2 is 2.10 bits per heavy atom. The summed E-state index contributed by atoms with van der Waals surface area (Å²) in [5, 5.41) is 8.29. The van der Waals surface area contributed by atoms with E-state index in [0.717, 1.165) is 5.75 Å². The van der Waals surface area contributed by atoms with Crippen molar-refractivity contribution in [3.05, 3.63) is 29.2 Å². The molecular formula is C7H11N2O+. The van der Waals surface area contributed by atoms with Gasteiger partial charge in [-0.15, -0.1) is 0 Å². The van der Waals surface area contributed by atoms with Crippen molar-refractivity contribution in [2.45, 2.75) is 0 Å². The molecule has 0 amide bonds. The molecule has 0 saturated carbocycles. The first kappa shape index (κ1) is 4.29. The van der Waals surface area contributed by atoms with Crippen LogP contribution in [0.4, 0.5) is 5.69 Å². The molecule has 0 aliphatic heterocycles. The molecule has 0 fully saturated rings. The summed E-state index contributed by atoms with van der Waals surface area (Å²) < 4.78 is 24.9. The largest absolute Gasteiger partial charge is 0.497 e. The predicted octanol–water partition coefficient (Wildman–Crippen LogP) is 2.67. The van der Waals surface area contributed by atoms with E-state index in [1.165, 1.54) is 0 Å². The number of rotatable bonds is 1. The molecule has 0 aromatic heterocycles. The van der Waals surface area contributed by atoms with Crippen LogP contribution in [0.25, 0.3) is 4.98 Å². The van der Waals surface area contributed by atoms with Crippen molar-refractivity contribution in [2.24, 2.45) is 0 Å². The highest BCUT2D eigenvalue weighted by molar-refractivity contribution is 5.46. The lowest BCUT2D eigenvalue weighted by atomic mass is 10.3. The fraction of sp³-hybridized carbons (Fsp3) is 0.143. The van der Waals surface area contributed by atoms with Crippen molar-refractivity contribution < 1.29 is 10.7 Å². The van der Waals surface area contributed by atoms with Crippen molar-refractivity contribution in [3.63, 3.8) is 0 Å². The Labute approximate surface area is 65.0 Å². The second-order valence-corrected chi connectivity index (χ2v) is 1.80. The standard InChI is InChI=1S/C7H7N2O.2H2/c1-10-7-4-2-6(9-8)3-5-7;;/h2-5H,1H3;2*1H/q+1;;/i;2*1+1D. The maximum atomic E-state index is 8.29. The average Bonchev–Trinajstić information content (AvgIpc) is 2.34. The molecule has 0 heterocycles. The van der Waals surface area contributed by atoms with Gasteiger partial charge in [-0.2, -0.15) is 0 Å². The van der Waals surface area contributed by atoms with Gasteiger partial charge in [0.25, 0.3) is 0 Å². The minimum atomic E-state index is 0.529. The molecule has 0 bridgehead atoms. The van der Waals surface area contributed by atoms with E-state index in [-0.39, 0.29) is 0 Å². The van der Waals surface area contributed by atoms with Crippen LogP contribution in [0.1, 0.15) is 5.94 Å². The van der Waals surface area contributed by atoms with Crippen molar-refractivity contribution in [3.8, 4) is 5.75 Å². The van der Waals surface area contributed by atoms with Crippen molar-refractivity contribution >= 4 is 5.69 Å². The molecule has 1 aromatic rings. The van der Waals surface area contributed by atoms with Crippen molar-refractivity contribution in [1.29, 1.82) is 5.39 Å². The van der Waals surface area contributed by atoms with Gasteiger partial charge in [-0.25, -0.2) is 0 Å². The monoisotopic (exact) mass is 143 g/mol. The van der Waals surface area contributed by atoms with Crippen LogP contribution < -0.4 is 4.74 Å². The number of methoxy groups -OCH3 is 1. The summed E-state index contributed by atoms with van der Waals surface area (Å²) in [5.41, 5.74) is 0.529. The van der Waals surface area contributed by atoms with Crippen LogP contribution >= 0.6 is 0 Å². The summed E-state index contributed by atoms with van der Waals surface area (Å²) in [7, 11) is 1.59. The molecule has 0 atom stereocenters. The molecule has 54 valence electrons. The van der Waals surface area contributed by atoms with Crippen LogP contribution in [0.15, 0.2) is 24.3 Å². The van der Waals surface area contributed by atoms with Gasteiger partial charge in [-0.1, -0.05) is 0 Å². The zero-order chi connectivity index (χ0) is 11.4. The molecule has 3 nitrogen and oxygen atoms in total. The lowest BCUT2D eigenvalue weighted by Crippen LogP contribution is -1.79. The molecule has 0 saturated heterocycles. The SMILES string of the molecule is COc1ccc([N+]#N)cc1.[2H][2H].[2H][2H]. The third-order valence-electron chi connectivity index (χ3n) is 1.19. The number of ether oxygens (including phenoxy) is 1. The van der Waals surface area contributed by atoms with Crippen LogP contribution in [-0.4, -0.2) is 7.11 Å².